The molecule has 0 aliphatic heterocycles. The number of rotatable bonds is 5. The van der Waals surface area contributed by atoms with Gasteiger partial charge in [0, 0.05) is 31.1 Å². The van der Waals surface area contributed by atoms with E-state index >= 15 is 0 Å². The molecule has 0 unspecified atom stereocenters. The van der Waals surface area contributed by atoms with E-state index in [2.05, 4.69) is 25.2 Å². The van der Waals surface area contributed by atoms with E-state index in [1.807, 2.05) is 34.6 Å². The zero-order valence-corrected chi connectivity index (χ0v) is 13.7. The molecule has 1 amide bonds. The largest absolute Gasteiger partial charge is 0.339 e. The Morgan fingerprint density at radius 1 is 1.55 bits per heavy atom. The summed E-state index contributed by atoms with van der Waals surface area (Å²) < 4.78 is 1.87. The molecule has 4 nitrogen and oxygen atoms in total. The Hall–Kier alpha value is -0.970. The molecule has 1 fully saturated rings. The Morgan fingerprint density at radius 3 is 2.90 bits per heavy atom. The molecule has 20 heavy (non-hydrogen) atoms. The third-order valence-corrected chi connectivity index (χ3v) is 5.09. The summed E-state index contributed by atoms with van der Waals surface area (Å²) in [6.07, 6.45) is 9.18. The minimum Gasteiger partial charge on any atom is -0.339 e. The van der Waals surface area contributed by atoms with Crippen molar-refractivity contribution in [2.45, 2.75) is 50.9 Å². The van der Waals surface area contributed by atoms with E-state index in [1.54, 1.807) is 6.20 Å². The van der Waals surface area contributed by atoms with Gasteiger partial charge in [-0.05, 0) is 31.4 Å². The summed E-state index contributed by atoms with van der Waals surface area (Å²) in [5, 5.41) is 4.99. The van der Waals surface area contributed by atoms with Crippen molar-refractivity contribution < 1.29 is 4.79 Å². The third kappa shape index (κ3) is 3.57. The highest BCUT2D eigenvalue weighted by atomic mass is 32.2. The van der Waals surface area contributed by atoms with E-state index in [9.17, 15) is 4.79 Å². The van der Waals surface area contributed by atoms with Crippen LogP contribution in [0, 0.1) is 5.92 Å². The first-order valence-electron chi connectivity index (χ1n) is 7.33. The van der Waals surface area contributed by atoms with Gasteiger partial charge in [0.15, 0.2) is 0 Å². The third-order valence-electron chi connectivity index (χ3n) is 3.99. The molecule has 1 aromatic rings. The van der Waals surface area contributed by atoms with Crippen LogP contribution in [-0.2, 0) is 6.54 Å². The lowest BCUT2D eigenvalue weighted by Gasteiger charge is -2.24. The summed E-state index contributed by atoms with van der Waals surface area (Å²) in [5.41, 5.74) is 0.709. The van der Waals surface area contributed by atoms with Crippen LogP contribution in [0.2, 0.25) is 0 Å². The smallest absolute Gasteiger partial charge is 0.257 e. The van der Waals surface area contributed by atoms with Crippen molar-refractivity contribution in [3.8, 4) is 0 Å². The zero-order chi connectivity index (χ0) is 14.7. The molecule has 2 rings (SSSR count). The maximum Gasteiger partial charge on any atom is 0.257 e. The zero-order valence-electron chi connectivity index (χ0n) is 12.9. The number of thioether (sulfide) groups is 1. The minimum absolute atomic E-state index is 0.103. The molecule has 1 saturated carbocycles. The van der Waals surface area contributed by atoms with Crippen LogP contribution in [0.15, 0.2) is 12.4 Å². The van der Waals surface area contributed by atoms with Gasteiger partial charge >= 0.3 is 0 Å². The van der Waals surface area contributed by atoms with Crippen LogP contribution in [0.5, 0.6) is 0 Å². The fourth-order valence-electron chi connectivity index (χ4n) is 2.80. The number of amides is 1. The van der Waals surface area contributed by atoms with Gasteiger partial charge in [-0.1, -0.05) is 13.8 Å². The van der Waals surface area contributed by atoms with E-state index in [0.29, 0.717) is 22.8 Å². The number of hydrogen-bond donors (Lipinski definition) is 0. The number of aromatic nitrogens is 2. The first kappa shape index (κ1) is 15.4. The summed E-state index contributed by atoms with van der Waals surface area (Å²) in [6, 6.07) is 0.383. The lowest BCUT2D eigenvalue weighted by atomic mass is 10.2. The average Bonchev–Trinajstić information content (AvgIpc) is 3.04. The molecule has 0 saturated heterocycles. The molecule has 1 aliphatic carbocycles. The van der Waals surface area contributed by atoms with E-state index in [4.69, 9.17) is 0 Å². The van der Waals surface area contributed by atoms with Crippen molar-refractivity contribution in [1.82, 2.24) is 14.7 Å². The quantitative estimate of drug-likeness (QED) is 0.838. The molecule has 2 atom stereocenters. The van der Waals surface area contributed by atoms with E-state index in [1.165, 1.54) is 6.42 Å². The van der Waals surface area contributed by atoms with Crippen LogP contribution in [0.25, 0.3) is 0 Å². The molecule has 0 bridgehead atoms. The number of carbonyl (C=O) groups is 1. The summed E-state index contributed by atoms with van der Waals surface area (Å²) in [7, 11) is 1.93. The fraction of sp³-hybridized carbons (Fsp3) is 0.733. The van der Waals surface area contributed by atoms with Crippen LogP contribution in [0.4, 0.5) is 0 Å². The molecule has 1 heterocycles. The highest BCUT2D eigenvalue weighted by molar-refractivity contribution is 7.99. The molecule has 0 radical (unpaired) electrons. The van der Waals surface area contributed by atoms with Crippen molar-refractivity contribution in [1.29, 1.82) is 0 Å². The molecule has 1 aromatic heterocycles. The van der Waals surface area contributed by atoms with Crippen molar-refractivity contribution in [2.24, 2.45) is 5.92 Å². The van der Waals surface area contributed by atoms with Crippen LogP contribution in [0.1, 0.15) is 43.5 Å². The fourth-order valence-corrected chi connectivity index (χ4v) is 3.59. The monoisotopic (exact) mass is 295 g/mol. The molecular weight excluding hydrogens is 270 g/mol. The van der Waals surface area contributed by atoms with Crippen LogP contribution in [-0.4, -0.2) is 45.2 Å². The van der Waals surface area contributed by atoms with Crippen molar-refractivity contribution in [3.63, 3.8) is 0 Å². The SMILES string of the molecule is CS[C@H]1CC[C@H](N(C)C(=O)c2cnn(CC(C)C)c2)C1. The predicted molar refractivity (Wildman–Crippen MR) is 84.1 cm³/mol. The molecule has 1 aliphatic rings. The summed E-state index contributed by atoms with van der Waals surface area (Å²) >= 11 is 1.92. The maximum absolute atomic E-state index is 12.5. The first-order valence-corrected chi connectivity index (χ1v) is 8.62. The summed E-state index contributed by atoms with van der Waals surface area (Å²) in [5.74, 6) is 0.638. The Morgan fingerprint density at radius 2 is 2.30 bits per heavy atom. The number of carbonyl (C=O) groups excluding carboxylic acids is 1. The lowest BCUT2D eigenvalue weighted by molar-refractivity contribution is 0.0735. The Kier molecular flexibility index (Phi) is 5.13. The second kappa shape index (κ2) is 6.66. The second-order valence-electron chi connectivity index (χ2n) is 6.09. The molecule has 0 aromatic carbocycles. The topological polar surface area (TPSA) is 38.1 Å². The van der Waals surface area contributed by atoms with Crippen LogP contribution < -0.4 is 0 Å². The van der Waals surface area contributed by atoms with Crippen LogP contribution in [0.3, 0.4) is 0 Å². The van der Waals surface area contributed by atoms with E-state index in [0.717, 1.165) is 19.4 Å². The van der Waals surface area contributed by atoms with Crippen molar-refractivity contribution in [3.05, 3.63) is 18.0 Å². The van der Waals surface area contributed by atoms with Gasteiger partial charge < -0.3 is 4.90 Å². The summed E-state index contributed by atoms with van der Waals surface area (Å²) in [4.78, 5) is 14.4. The minimum atomic E-state index is 0.103. The predicted octanol–water partition coefficient (Wildman–Crippen LogP) is 2.90. The average molecular weight is 295 g/mol. The van der Waals surface area contributed by atoms with Gasteiger partial charge in [-0.25, -0.2) is 0 Å². The Labute approximate surface area is 125 Å². The van der Waals surface area contributed by atoms with Gasteiger partial charge in [0.2, 0.25) is 0 Å². The van der Waals surface area contributed by atoms with Gasteiger partial charge in [-0.15, -0.1) is 0 Å². The molecule has 5 heteroatoms. The second-order valence-corrected chi connectivity index (χ2v) is 7.22. The first-order chi connectivity index (χ1) is 9.51. The van der Waals surface area contributed by atoms with Gasteiger partial charge in [0.25, 0.3) is 5.91 Å². The van der Waals surface area contributed by atoms with Crippen LogP contribution >= 0.6 is 11.8 Å². The summed E-state index contributed by atoms with van der Waals surface area (Å²) in [6.45, 7) is 5.15. The lowest BCUT2D eigenvalue weighted by Crippen LogP contribution is -2.35. The molecular formula is C15H25N3OS. The Balaban J connectivity index is 1.98. The van der Waals surface area contributed by atoms with E-state index in [-0.39, 0.29) is 5.91 Å². The highest BCUT2D eigenvalue weighted by Crippen LogP contribution is 2.31. The highest BCUT2D eigenvalue weighted by Gasteiger charge is 2.30. The van der Waals surface area contributed by atoms with Gasteiger partial charge in [0.1, 0.15) is 0 Å². The van der Waals surface area contributed by atoms with E-state index < -0.39 is 0 Å². The Bertz CT molecular complexity index is 458. The standard InChI is InChI=1S/C15H25N3OS/c1-11(2)9-18-10-12(8-16-18)15(19)17(3)13-5-6-14(7-13)20-4/h8,10-11,13-14H,5-7,9H2,1-4H3/t13-,14-/m0/s1. The molecule has 112 valence electrons. The molecule has 0 N–H and O–H groups in total. The number of hydrogen-bond acceptors (Lipinski definition) is 3. The molecule has 0 spiro atoms. The van der Waals surface area contributed by atoms with Crippen molar-refractivity contribution in [2.75, 3.05) is 13.3 Å². The van der Waals surface area contributed by atoms with Gasteiger partial charge in [0.05, 0.1) is 11.8 Å². The normalized spacial score (nSPS) is 22.4. The van der Waals surface area contributed by atoms with Gasteiger partial charge in [-0.2, -0.15) is 16.9 Å². The van der Waals surface area contributed by atoms with Gasteiger partial charge in [-0.3, -0.25) is 9.48 Å². The van der Waals surface area contributed by atoms with Crippen molar-refractivity contribution >= 4 is 17.7 Å². The number of nitrogens with zero attached hydrogens (tertiary/aromatic N) is 3. The maximum atomic E-state index is 12.5.